The number of pyridine rings is 1. The van der Waals surface area contributed by atoms with Crippen molar-refractivity contribution < 1.29 is 0 Å². The average Bonchev–Trinajstić information content (AvgIpc) is 2.76. The molecule has 0 saturated heterocycles. The lowest BCUT2D eigenvalue weighted by molar-refractivity contribution is 1.16. The normalized spacial score (nSPS) is 10.4. The predicted octanol–water partition coefficient (Wildman–Crippen LogP) is 4.08. The Hall–Kier alpha value is -0.870. The number of anilines is 1. The van der Waals surface area contributed by atoms with Crippen LogP contribution < -0.4 is 5.32 Å². The van der Waals surface area contributed by atoms with Crippen molar-refractivity contribution in [2.24, 2.45) is 0 Å². The second kappa shape index (κ2) is 5.46. The van der Waals surface area contributed by atoms with Crippen LogP contribution in [0.15, 0.2) is 35.1 Å². The summed E-state index contributed by atoms with van der Waals surface area (Å²) in [6.07, 6.45) is 2.89. The highest BCUT2D eigenvalue weighted by molar-refractivity contribution is 9.10. The summed E-state index contributed by atoms with van der Waals surface area (Å²) >= 11 is 5.28. The molecule has 0 bridgehead atoms. The number of rotatable bonds is 4. The smallest absolute Gasteiger partial charge is 0.129 e. The molecule has 2 aromatic heterocycles. The van der Waals surface area contributed by atoms with Gasteiger partial charge in [0, 0.05) is 22.5 Å². The molecule has 0 unspecified atom stereocenters. The highest BCUT2D eigenvalue weighted by Crippen LogP contribution is 2.21. The standard InChI is InChI=1S/C12H13BrN2S/c1-2-9-5-6-10(16-9)8-15-11-4-3-7-14-12(11)13/h3-7,15H,2,8H2,1H3. The molecule has 0 aromatic carbocycles. The minimum Gasteiger partial charge on any atom is -0.378 e. The summed E-state index contributed by atoms with van der Waals surface area (Å²) in [5.41, 5.74) is 1.04. The fourth-order valence-corrected chi connectivity index (χ4v) is 2.70. The first kappa shape index (κ1) is 11.6. The van der Waals surface area contributed by atoms with Gasteiger partial charge in [-0.1, -0.05) is 6.92 Å². The third-order valence-electron chi connectivity index (χ3n) is 2.28. The Kier molecular flexibility index (Phi) is 3.96. The fraction of sp³-hybridized carbons (Fsp3) is 0.250. The third kappa shape index (κ3) is 2.83. The van der Waals surface area contributed by atoms with Gasteiger partial charge in [-0.2, -0.15) is 0 Å². The zero-order valence-corrected chi connectivity index (χ0v) is 11.4. The molecule has 16 heavy (non-hydrogen) atoms. The molecule has 84 valence electrons. The lowest BCUT2D eigenvalue weighted by Gasteiger charge is -2.05. The van der Waals surface area contributed by atoms with E-state index in [0.717, 1.165) is 23.3 Å². The Morgan fingerprint density at radius 3 is 2.81 bits per heavy atom. The van der Waals surface area contributed by atoms with Gasteiger partial charge in [0.1, 0.15) is 4.60 Å². The first-order valence-corrected chi connectivity index (χ1v) is 6.82. The van der Waals surface area contributed by atoms with Crippen LogP contribution in [0.4, 0.5) is 5.69 Å². The third-order valence-corrected chi connectivity index (χ3v) is 4.14. The number of hydrogen-bond acceptors (Lipinski definition) is 3. The van der Waals surface area contributed by atoms with Gasteiger partial charge in [-0.15, -0.1) is 11.3 Å². The first-order chi connectivity index (χ1) is 7.79. The van der Waals surface area contributed by atoms with Gasteiger partial charge in [-0.05, 0) is 46.6 Å². The van der Waals surface area contributed by atoms with Gasteiger partial charge in [0.2, 0.25) is 0 Å². The lowest BCUT2D eigenvalue weighted by Crippen LogP contribution is -1.98. The number of thiophene rings is 1. The van der Waals surface area contributed by atoms with Crippen LogP contribution in [0.1, 0.15) is 16.7 Å². The average molecular weight is 297 g/mol. The largest absolute Gasteiger partial charge is 0.378 e. The van der Waals surface area contributed by atoms with Crippen LogP contribution in [0.5, 0.6) is 0 Å². The van der Waals surface area contributed by atoms with Gasteiger partial charge in [0.05, 0.1) is 5.69 Å². The van der Waals surface area contributed by atoms with Crippen molar-refractivity contribution in [3.63, 3.8) is 0 Å². The zero-order valence-electron chi connectivity index (χ0n) is 9.03. The molecular formula is C12H13BrN2S. The molecule has 0 amide bonds. The Morgan fingerprint density at radius 1 is 1.31 bits per heavy atom. The molecular weight excluding hydrogens is 284 g/mol. The number of nitrogens with zero attached hydrogens (tertiary/aromatic N) is 1. The van der Waals surface area contributed by atoms with Crippen LogP contribution in [0, 0.1) is 0 Å². The van der Waals surface area contributed by atoms with E-state index in [2.05, 4.69) is 45.3 Å². The van der Waals surface area contributed by atoms with E-state index in [1.165, 1.54) is 9.75 Å². The van der Waals surface area contributed by atoms with Gasteiger partial charge in [0.25, 0.3) is 0 Å². The van der Waals surface area contributed by atoms with Crippen molar-refractivity contribution in [2.45, 2.75) is 19.9 Å². The van der Waals surface area contributed by atoms with Crippen LogP contribution in [-0.4, -0.2) is 4.98 Å². The van der Waals surface area contributed by atoms with Crippen LogP contribution in [0.2, 0.25) is 0 Å². The molecule has 0 aliphatic rings. The maximum absolute atomic E-state index is 4.17. The molecule has 0 fully saturated rings. The Labute approximate surface area is 108 Å². The van der Waals surface area contributed by atoms with Crippen LogP contribution in [0.25, 0.3) is 0 Å². The van der Waals surface area contributed by atoms with Crippen molar-refractivity contribution in [3.05, 3.63) is 44.8 Å². The molecule has 0 radical (unpaired) electrons. The van der Waals surface area contributed by atoms with E-state index in [1.807, 2.05) is 23.5 Å². The van der Waals surface area contributed by atoms with E-state index in [4.69, 9.17) is 0 Å². The molecule has 2 heterocycles. The minimum atomic E-state index is 0.856. The molecule has 0 spiro atoms. The summed E-state index contributed by atoms with van der Waals surface area (Å²) in [6.45, 7) is 3.04. The van der Waals surface area contributed by atoms with E-state index in [0.29, 0.717) is 0 Å². The minimum absolute atomic E-state index is 0.856. The lowest BCUT2D eigenvalue weighted by atomic mass is 10.3. The van der Waals surface area contributed by atoms with Crippen molar-refractivity contribution in [1.82, 2.24) is 4.98 Å². The predicted molar refractivity (Wildman–Crippen MR) is 73.0 cm³/mol. The maximum Gasteiger partial charge on any atom is 0.129 e. The summed E-state index contributed by atoms with van der Waals surface area (Å²) in [7, 11) is 0. The van der Waals surface area contributed by atoms with E-state index in [-0.39, 0.29) is 0 Å². The molecule has 2 aromatic rings. The maximum atomic E-state index is 4.17. The Bertz CT molecular complexity index is 468. The number of aryl methyl sites for hydroxylation is 1. The van der Waals surface area contributed by atoms with E-state index < -0.39 is 0 Å². The summed E-state index contributed by atoms with van der Waals surface area (Å²) in [5.74, 6) is 0. The Morgan fingerprint density at radius 2 is 2.12 bits per heavy atom. The van der Waals surface area contributed by atoms with E-state index >= 15 is 0 Å². The summed E-state index contributed by atoms with van der Waals surface area (Å²) in [5, 5.41) is 3.37. The van der Waals surface area contributed by atoms with Crippen LogP contribution in [0.3, 0.4) is 0 Å². The monoisotopic (exact) mass is 296 g/mol. The molecule has 2 rings (SSSR count). The van der Waals surface area contributed by atoms with Gasteiger partial charge in [-0.3, -0.25) is 0 Å². The van der Waals surface area contributed by atoms with Gasteiger partial charge >= 0.3 is 0 Å². The van der Waals surface area contributed by atoms with Gasteiger partial charge in [0.15, 0.2) is 0 Å². The molecule has 0 saturated carbocycles. The zero-order chi connectivity index (χ0) is 11.4. The molecule has 4 heteroatoms. The number of nitrogens with one attached hydrogen (secondary N) is 1. The number of halogens is 1. The summed E-state index contributed by atoms with van der Waals surface area (Å²) in [4.78, 5) is 6.96. The van der Waals surface area contributed by atoms with Crippen molar-refractivity contribution >= 4 is 33.0 Å². The quantitative estimate of drug-likeness (QED) is 0.860. The molecule has 0 aliphatic heterocycles. The highest BCUT2D eigenvalue weighted by atomic mass is 79.9. The first-order valence-electron chi connectivity index (χ1n) is 5.21. The second-order valence-electron chi connectivity index (χ2n) is 3.42. The van der Waals surface area contributed by atoms with Crippen molar-refractivity contribution in [1.29, 1.82) is 0 Å². The van der Waals surface area contributed by atoms with E-state index in [9.17, 15) is 0 Å². The highest BCUT2D eigenvalue weighted by Gasteiger charge is 2.01. The van der Waals surface area contributed by atoms with Crippen LogP contribution in [-0.2, 0) is 13.0 Å². The SMILES string of the molecule is CCc1ccc(CNc2cccnc2Br)s1. The number of aromatic nitrogens is 1. The summed E-state index contributed by atoms with van der Waals surface area (Å²) < 4.78 is 0.863. The van der Waals surface area contributed by atoms with Crippen molar-refractivity contribution in [3.8, 4) is 0 Å². The fourth-order valence-electron chi connectivity index (χ4n) is 1.41. The topological polar surface area (TPSA) is 24.9 Å². The molecule has 0 aliphatic carbocycles. The van der Waals surface area contributed by atoms with Gasteiger partial charge < -0.3 is 5.32 Å². The van der Waals surface area contributed by atoms with E-state index in [1.54, 1.807) is 6.20 Å². The molecule has 0 atom stereocenters. The van der Waals surface area contributed by atoms with Crippen molar-refractivity contribution in [2.75, 3.05) is 5.32 Å². The molecule has 2 nitrogen and oxygen atoms in total. The van der Waals surface area contributed by atoms with Gasteiger partial charge in [-0.25, -0.2) is 4.98 Å². The summed E-state index contributed by atoms with van der Waals surface area (Å²) in [6, 6.07) is 8.32. The van der Waals surface area contributed by atoms with Crippen LogP contribution >= 0.6 is 27.3 Å². The molecule has 1 N–H and O–H groups in total. The second-order valence-corrected chi connectivity index (χ2v) is 5.42. The Balaban J connectivity index is 1.99. The number of hydrogen-bond donors (Lipinski definition) is 1.